The van der Waals surface area contributed by atoms with Gasteiger partial charge in [-0.25, -0.2) is 24.4 Å². The molecule has 0 bridgehead atoms. The lowest BCUT2D eigenvalue weighted by atomic mass is 9.98. The number of aliphatic carboxylic acids is 1. The highest BCUT2D eigenvalue weighted by atomic mass is 16.6. The first-order valence-electron chi connectivity index (χ1n) is 25.9. The number of para-hydroxylation sites is 1. The molecule has 6 aromatic rings. The first-order valence-corrected chi connectivity index (χ1v) is 25.9. The molecule has 1 aromatic heterocycles. The smallest absolute Gasteiger partial charge is 0.424 e. The van der Waals surface area contributed by atoms with Crippen molar-refractivity contribution >= 4 is 46.8 Å². The van der Waals surface area contributed by atoms with E-state index in [0.717, 1.165) is 66.0 Å². The van der Waals surface area contributed by atoms with Gasteiger partial charge in [0, 0.05) is 76.8 Å². The Hall–Kier alpha value is -8.06. The van der Waals surface area contributed by atoms with Crippen molar-refractivity contribution in [2.24, 2.45) is 0 Å². The molecule has 0 spiro atoms. The van der Waals surface area contributed by atoms with Gasteiger partial charge in [-0.2, -0.15) is 0 Å². The SMILES string of the molecule is CC(C(=O)O)N(C)C(=O)CCOCCOCCNC(=O)CN(CCNC(=O)CCn1c(CN(C)N(C)C(=O)OCC2c3ccccc3-c3ccccc32)cc2ccccc21)C(=O)OCC1c2ccccc2-c2ccccc21. The Bertz CT molecular complexity index is 2980. The van der Waals surface area contributed by atoms with E-state index in [-0.39, 0.29) is 102 Å². The molecule has 77 heavy (non-hydrogen) atoms. The number of hydrogen-bond donors (Lipinski definition) is 3. The van der Waals surface area contributed by atoms with Crippen molar-refractivity contribution in [3.63, 3.8) is 0 Å². The van der Waals surface area contributed by atoms with E-state index in [1.807, 2.05) is 110 Å². The van der Waals surface area contributed by atoms with Gasteiger partial charge in [0.2, 0.25) is 17.7 Å². The largest absolute Gasteiger partial charge is 0.480 e. The van der Waals surface area contributed by atoms with E-state index in [9.17, 15) is 28.8 Å². The molecule has 1 unspecified atom stereocenters. The minimum Gasteiger partial charge on any atom is -0.480 e. The van der Waals surface area contributed by atoms with Gasteiger partial charge in [-0.05, 0) is 69.0 Å². The van der Waals surface area contributed by atoms with Gasteiger partial charge in [0.1, 0.15) is 25.8 Å². The molecule has 1 heterocycles. The number of aromatic nitrogens is 1. The average Bonchev–Trinajstić information content (AvgIpc) is 4.09. The summed E-state index contributed by atoms with van der Waals surface area (Å²) in [6, 6.07) is 41.4. The molecule has 0 saturated heterocycles. The molecule has 8 rings (SSSR count). The van der Waals surface area contributed by atoms with E-state index in [1.54, 1.807) is 12.1 Å². The predicted molar refractivity (Wildman–Crippen MR) is 290 cm³/mol. The molecule has 0 saturated carbocycles. The number of aryl methyl sites for hydroxylation is 1. The first kappa shape index (κ1) is 55.2. The van der Waals surface area contributed by atoms with Gasteiger partial charge in [-0.15, -0.1) is 0 Å². The molecule has 5 aromatic carbocycles. The quantitative estimate of drug-likeness (QED) is 0.0368. The summed E-state index contributed by atoms with van der Waals surface area (Å²) in [6.45, 7) is 2.80. The minimum absolute atomic E-state index is 0.0120. The number of amides is 5. The number of ether oxygens (including phenoxy) is 4. The van der Waals surface area contributed by atoms with Crippen LogP contribution in [0.25, 0.3) is 33.2 Å². The van der Waals surface area contributed by atoms with Crippen LogP contribution in [0.5, 0.6) is 0 Å². The van der Waals surface area contributed by atoms with E-state index in [0.29, 0.717) is 13.1 Å². The molecular formula is C59H67N7O11. The maximum Gasteiger partial charge on any atom is 0.424 e. The van der Waals surface area contributed by atoms with E-state index < -0.39 is 30.1 Å². The zero-order valence-corrected chi connectivity index (χ0v) is 44.0. The normalized spacial score (nSPS) is 12.8. The van der Waals surface area contributed by atoms with Gasteiger partial charge >= 0.3 is 18.2 Å². The second-order valence-electron chi connectivity index (χ2n) is 19.2. The number of nitrogens with zero attached hydrogens (tertiary/aromatic N) is 5. The minimum atomic E-state index is -1.09. The first-order chi connectivity index (χ1) is 37.3. The van der Waals surface area contributed by atoms with Crippen LogP contribution < -0.4 is 10.6 Å². The van der Waals surface area contributed by atoms with Crippen molar-refractivity contribution < 1.29 is 52.8 Å². The standard InChI is InChI=1S/C59H67N7O11/c1-40(57(70)71)63(3)56(69)26-31-74-33-34-75-32-28-61-55(68)37-65(59(73)77-39-52-49-22-12-8-18-45(49)46-19-9-13-23-50(46)52)30-27-60-54(67)25-29-66-42(35-41-15-5-14-24-53(41)66)36-62(2)64(4)58(72)76-38-51-47-20-10-6-16-43(47)44-17-7-11-21-48(44)51/h5-24,35,40,51-52H,25-34,36-39H2,1-4H3,(H,60,67)(H,61,68)(H,70,71). The summed E-state index contributed by atoms with van der Waals surface area (Å²) in [5.41, 5.74) is 10.6. The summed E-state index contributed by atoms with van der Waals surface area (Å²) in [5.74, 6) is -2.44. The zero-order valence-electron chi connectivity index (χ0n) is 44.0. The van der Waals surface area contributed by atoms with Crippen molar-refractivity contribution in [3.8, 4) is 22.3 Å². The van der Waals surface area contributed by atoms with Crippen LogP contribution in [0.1, 0.15) is 59.5 Å². The molecule has 2 aliphatic carbocycles. The highest BCUT2D eigenvalue weighted by Crippen LogP contribution is 2.46. The molecule has 404 valence electrons. The summed E-state index contributed by atoms with van der Waals surface area (Å²) < 4.78 is 25.0. The summed E-state index contributed by atoms with van der Waals surface area (Å²) >= 11 is 0. The molecule has 5 amide bonds. The maximum atomic E-state index is 13.9. The lowest BCUT2D eigenvalue weighted by Gasteiger charge is -2.28. The van der Waals surface area contributed by atoms with Gasteiger partial charge < -0.3 is 44.2 Å². The number of hydrogen-bond acceptors (Lipinski definition) is 11. The Labute approximate surface area is 448 Å². The number of carboxylic acid groups (broad SMARTS) is 1. The molecule has 1 atom stereocenters. The number of nitrogens with one attached hydrogen (secondary N) is 2. The third-order valence-corrected chi connectivity index (χ3v) is 14.3. The Kier molecular flexibility index (Phi) is 18.7. The number of carbonyl (C=O) groups excluding carboxylic acids is 5. The molecular weight excluding hydrogens is 983 g/mol. The third kappa shape index (κ3) is 13.5. The zero-order chi connectivity index (χ0) is 54.4. The molecule has 0 radical (unpaired) electrons. The van der Waals surface area contributed by atoms with Crippen molar-refractivity contribution in [2.45, 2.75) is 50.7 Å². The molecule has 0 aliphatic heterocycles. The number of benzene rings is 5. The fourth-order valence-corrected chi connectivity index (χ4v) is 9.91. The number of likely N-dealkylation sites (N-methyl/N-ethyl adjacent to an activating group) is 1. The second kappa shape index (κ2) is 26.1. The molecule has 18 nitrogen and oxygen atoms in total. The predicted octanol–water partition coefficient (Wildman–Crippen LogP) is 7.10. The van der Waals surface area contributed by atoms with Gasteiger partial charge in [0.05, 0.1) is 39.4 Å². The highest BCUT2D eigenvalue weighted by Gasteiger charge is 2.32. The number of hydrazine groups is 1. The van der Waals surface area contributed by atoms with E-state index in [4.69, 9.17) is 24.1 Å². The number of carboxylic acids is 1. The van der Waals surface area contributed by atoms with Crippen LogP contribution in [0.4, 0.5) is 9.59 Å². The third-order valence-electron chi connectivity index (χ3n) is 14.3. The van der Waals surface area contributed by atoms with Crippen LogP contribution in [0.3, 0.4) is 0 Å². The topological polar surface area (TPSA) is 202 Å². The van der Waals surface area contributed by atoms with E-state index in [2.05, 4.69) is 39.5 Å². The Morgan fingerprint density at radius 3 is 1.69 bits per heavy atom. The van der Waals surface area contributed by atoms with E-state index in [1.165, 1.54) is 23.9 Å². The number of carbonyl (C=O) groups is 6. The number of rotatable bonds is 26. The number of fused-ring (bicyclic) bond motifs is 7. The van der Waals surface area contributed by atoms with Gasteiger partial charge in [0.25, 0.3) is 0 Å². The van der Waals surface area contributed by atoms with Crippen LogP contribution in [0.2, 0.25) is 0 Å². The van der Waals surface area contributed by atoms with Crippen LogP contribution >= 0.6 is 0 Å². The Morgan fingerprint density at radius 1 is 0.610 bits per heavy atom. The molecule has 3 N–H and O–H groups in total. The van der Waals surface area contributed by atoms with Crippen molar-refractivity contribution in [3.05, 3.63) is 155 Å². The second-order valence-corrected chi connectivity index (χ2v) is 19.2. The van der Waals surface area contributed by atoms with Crippen molar-refractivity contribution in [1.29, 1.82) is 0 Å². The molecule has 2 aliphatic rings. The average molecular weight is 1050 g/mol. The van der Waals surface area contributed by atoms with Crippen molar-refractivity contribution in [2.75, 3.05) is 87.0 Å². The van der Waals surface area contributed by atoms with Gasteiger partial charge in [-0.1, -0.05) is 115 Å². The molecule has 0 fully saturated rings. The highest BCUT2D eigenvalue weighted by molar-refractivity contribution is 5.85. The Morgan fingerprint density at radius 2 is 1.12 bits per heavy atom. The van der Waals surface area contributed by atoms with Gasteiger partial charge in [0.15, 0.2) is 0 Å². The van der Waals surface area contributed by atoms with Crippen LogP contribution in [0, 0.1) is 0 Å². The van der Waals surface area contributed by atoms with Crippen LogP contribution in [0.15, 0.2) is 127 Å². The fraction of sp³-hybridized carbons (Fsp3) is 0.356. The monoisotopic (exact) mass is 1050 g/mol. The van der Waals surface area contributed by atoms with Crippen LogP contribution in [-0.4, -0.2) is 158 Å². The maximum absolute atomic E-state index is 13.9. The van der Waals surface area contributed by atoms with Gasteiger partial charge in [-0.3, -0.25) is 19.3 Å². The fourth-order valence-electron chi connectivity index (χ4n) is 9.91. The molecule has 18 heteroatoms. The Balaban J connectivity index is 0.827. The van der Waals surface area contributed by atoms with Crippen LogP contribution in [-0.2, 0) is 51.2 Å². The van der Waals surface area contributed by atoms with Crippen molar-refractivity contribution in [1.82, 2.24) is 35.0 Å². The lowest BCUT2D eigenvalue weighted by molar-refractivity contribution is -0.148. The summed E-state index contributed by atoms with van der Waals surface area (Å²) in [7, 11) is 4.92. The summed E-state index contributed by atoms with van der Waals surface area (Å²) in [4.78, 5) is 80.1. The summed E-state index contributed by atoms with van der Waals surface area (Å²) in [6.07, 6.45) is -1.07. The summed E-state index contributed by atoms with van der Waals surface area (Å²) in [5, 5.41) is 19.1. The lowest BCUT2D eigenvalue weighted by Crippen LogP contribution is -2.45. The van der Waals surface area contributed by atoms with E-state index >= 15 is 0 Å².